The molecule has 0 bridgehead atoms. The predicted molar refractivity (Wildman–Crippen MR) is 139 cm³/mol. The molecule has 0 heterocycles. The van der Waals surface area contributed by atoms with Crippen LogP contribution in [0.25, 0.3) is 0 Å². The van der Waals surface area contributed by atoms with Crippen molar-refractivity contribution in [2.24, 2.45) is 5.73 Å². The van der Waals surface area contributed by atoms with Crippen LogP contribution in [0, 0.1) is 5.41 Å². The minimum Gasteiger partial charge on any atom is -0.490 e. The fraction of sp³-hybridized carbons (Fsp3) is 0.231. The van der Waals surface area contributed by atoms with Crippen LogP contribution in [-0.2, 0) is 4.79 Å². The number of amides is 1. The van der Waals surface area contributed by atoms with Crippen LogP contribution in [0.2, 0.25) is 5.02 Å². The number of primary amides is 1. The summed E-state index contributed by atoms with van der Waals surface area (Å²) in [7, 11) is 0. The third kappa shape index (κ3) is 7.11. The standard InChI is InChI=1S/C26H30ClN5O3/c1-4-34-23-15-18(11-14-22(23)35-16(2)3)24(30-19-12-9-17(10-13-19)25(28)29)26(33)32-31-21-8-6-5-7-20(21)27/h5-16,24,30-31H,4H2,1-3H3,(H3,28,29)(H,32,33)/p+1. The van der Waals surface area contributed by atoms with E-state index >= 15 is 0 Å². The molecule has 0 aliphatic rings. The van der Waals surface area contributed by atoms with Crippen LogP contribution in [-0.4, -0.2) is 24.5 Å². The maximum absolute atomic E-state index is 13.4. The van der Waals surface area contributed by atoms with E-state index in [2.05, 4.69) is 10.7 Å². The molecule has 8 nitrogen and oxygen atoms in total. The number of hydrogen-bond acceptors (Lipinski definition) is 6. The van der Waals surface area contributed by atoms with Crippen LogP contribution in [0.4, 0.5) is 11.4 Å². The highest BCUT2D eigenvalue weighted by Gasteiger charge is 2.26. The molecule has 0 aliphatic heterocycles. The van der Waals surface area contributed by atoms with Gasteiger partial charge in [-0.2, -0.15) is 5.43 Å². The third-order valence-electron chi connectivity index (χ3n) is 5.00. The Bertz CT molecular complexity index is 1170. The molecule has 0 saturated carbocycles. The number of para-hydroxylation sites is 1. The van der Waals surface area contributed by atoms with Crippen LogP contribution >= 0.6 is 11.6 Å². The molecule has 1 amide bonds. The minimum atomic E-state index is -0.736. The summed E-state index contributed by atoms with van der Waals surface area (Å²) in [5, 5.41) is 11.4. The largest absolute Gasteiger partial charge is 0.490 e. The van der Waals surface area contributed by atoms with Crippen LogP contribution in [0.1, 0.15) is 37.9 Å². The van der Waals surface area contributed by atoms with Gasteiger partial charge in [-0.25, -0.2) is 10.2 Å². The lowest BCUT2D eigenvalue weighted by Gasteiger charge is -2.20. The second-order valence-electron chi connectivity index (χ2n) is 8.05. The Balaban J connectivity index is 1.91. The molecule has 1 atom stereocenters. The molecule has 0 saturated heterocycles. The SMILES string of the molecule is CCOc1cc(C(Nc2ccc(C(=N)N)cc2)C(=O)[NH2+]Nc2ccccc2Cl)ccc1OC(C)C. The molecule has 184 valence electrons. The lowest BCUT2D eigenvalue weighted by molar-refractivity contribution is -0.539. The first kappa shape index (κ1) is 25.9. The minimum absolute atomic E-state index is 0.0245. The number of hydrogen-bond donors (Lipinski definition) is 5. The lowest BCUT2D eigenvalue weighted by Crippen LogP contribution is -2.93. The van der Waals surface area contributed by atoms with Gasteiger partial charge in [0.1, 0.15) is 11.5 Å². The van der Waals surface area contributed by atoms with Crippen LogP contribution < -0.4 is 31.4 Å². The number of benzene rings is 3. The number of quaternary nitrogens is 1. The maximum Gasteiger partial charge on any atom is 0.361 e. The number of nitrogens with two attached hydrogens (primary N) is 2. The molecule has 0 fully saturated rings. The topological polar surface area (TPSA) is 126 Å². The summed E-state index contributed by atoms with van der Waals surface area (Å²) in [5.74, 6) is 0.925. The Hall–Kier alpha value is -3.75. The van der Waals surface area contributed by atoms with Crippen LogP contribution in [0.15, 0.2) is 66.7 Å². The van der Waals surface area contributed by atoms with Gasteiger partial charge in [-0.05, 0) is 74.9 Å². The molecular formula is C26H31ClN5O3+. The Morgan fingerprint density at radius 2 is 1.80 bits per heavy atom. The molecule has 35 heavy (non-hydrogen) atoms. The molecule has 7 N–H and O–H groups in total. The van der Waals surface area contributed by atoms with Gasteiger partial charge >= 0.3 is 5.91 Å². The van der Waals surface area contributed by atoms with Crippen molar-refractivity contribution in [2.75, 3.05) is 17.3 Å². The van der Waals surface area contributed by atoms with Crippen molar-refractivity contribution in [1.29, 1.82) is 5.41 Å². The van der Waals surface area contributed by atoms with E-state index in [1.165, 1.54) is 5.43 Å². The molecule has 9 heteroatoms. The number of ether oxygens (including phenoxy) is 2. The van der Waals surface area contributed by atoms with E-state index in [0.717, 1.165) is 0 Å². The summed E-state index contributed by atoms with van der Waals surface area (Å²) in [6.07, 6.45) is -0.0245. The fourth-order valence-electron chi connectivity index (χ4n) is 3.37. The van der Waals surface area contributed by atoms with Gasteiger partial charge in [-0.1, -0.05) is 29.8 Å². The summed E-state index contributed by atoms with van der Waals surface area (Å²) in [5.41, 5.74) is 12.6. The summed E-state index contributed by atoms with van der Waals surface area (Å²) in [6.45, 7) is 6.23. The van der Waals surface area contributed by atoms with E-state index in [1.54, 1.807) is 36.4 Å². The van der Waals surface area contributed by atoms with E-state index in [9.17, 15) is 4.79 Å². The molecule has 1 unspecified atom stereocenters. The third-order valence-corrected chi connectivity index (χ3v) is 5.33. The number of rotatable bonds is 11. The quantitative estimate of drug-likeness (QED) is 0.118. The molecule has 3 rings (SSSR count). The second kappa shape index (κ2) is 12.1. The first-order valence-corrected chi connectivity index (χ1v) is 11.7. The summed E-state index contributed by atoms with van der Waals surface area (Å²) in [6, 6.07) is 18.9. The number of carbonyl (C=O) groups is 1. The van der Waals surface area contributed by atoms with Gasteiger partial charge in [-0.3, -0.25) is 5.41 Å². The first-order chi connectivity index (χ1) is 16.8. The van der Waals surface area contributed by atoms with Gasteiger partial charge in [0, 0.05) is 11.3 Å². The highest BCUT2D eigenvalue weighted by molar-refractivity contribution is 6.33. The van der Waals surface area contributed by atoms with Crippen molar-refractivity contribution in [3.8, 4) is 11.5 Å². The molecule has 0 aromatic heterocycles. The number of nitrogens with one attached hydrogen (secondary N) is 3. The molecular weight excluding hydrogens is 466 g/mol. The van der Waals surface area contributed by atoms with Gasteiger partial charge in [0.25, 0.3) is 0 Å². The van der Waals surface area contributed by atoms with Crippen molar-refractivity contribution < 1.29 is 19.7 Å². The smallest absolute Gasteiger partial charge is 0.361 e. The van der Waals surface area contributed by atoms with Gasteiger partial charge in [0.05, 0.1) is 17.7 Å². The van der Waals surface area contributed by atoms with Gasteiger partial charge < -0.3 is 20.5 Å². The molecule has 3 aromatic carbocycles. The van der Waals surface area contributed by atoms with Crippen molar-refractivity contribution in [2.45, 2.75) is 32.9 Å². The van der Waals surface area contributed by atoms with Crippen LogP contribution in [0.3, 0.4) is 0 Å². The van der Waals surface area contributed by atoms with Crippen molar-refractivity contribution in [3.63, 3.8) is 0 Å². The molecule has 3 aromatic rings. The van der Waals surface area contributed by atoms with E-state index in [0.29, 0.717) is 45.6 Å². The zero-order valence-electron chi connectivity index (χ0n) is 20.0. The number of halogens is 1. The van der Waals surface area contributed by atoms with Gasteiger partial charge in [0.15, 0.2) is 17.5 Å². The number of nitrogen functional groups attached to an aromatic ring is 2. The lowest BCUT2D eigenvalue weighted by atomic mass is 10.0. The van der Waals surface area contributed by atoms with Crippen molar-refractivity contribution in [1.82, 2.24) is 0 Å². The summed E-state index contributed by atoms with van der Waals surface area (Å²) >= 11 is 6.22. The van der Waals surface area contributed by atoms with E-state index < -0.39 is 6.04 Å². The first-order valence-electron chi connectivity index (χ1n) is 11.3. The molecule has 0 radical (unpaired) electrons. The fourth-order valence-corrected chi connectivity index (χ4v) is 3.56. The number of carbonyl (C=O) groups excluding carboxylic acids is 1. The van der Waals surface area contributed by atoms with Gasteiger partial charge in [-0.15, -0.1) is 0 Å². The monoisotopic (exact) mass is 496 g/mol. The average Bonchev–Trinajstić information content (AvgIpc) is 2.83. The summed E-state index contributed by atoms with van der Waals surface area (Å²) < 4.78 is 11.7. The zero-order chi connectivity index (χ0) is 25.4. The highest BCUT2D eigenvalue weighted by atomic mass is 35.5. The predicted octanol–water partition coefficient (Wildman–Crippen LogP) is 4.08. The Kier molecular flexibility index (Phi) is 8.94. The van der Waals surface area contributed by atoms with E-state index in [1.807, 2.05) is 51.1 Å². The normalized spacial score (nSPS) is 11.6. The average molecular weight is 497 g/mol. The summed E-state index contributed by atoms with van der Waals surface area (Å²) in [4.78, 5) is 13.4. The zero-order valence-corrected chi connectivity index (χ0v) is 20.7. The Morgan fingerprint density at radius 1 is 1.09 bits per heavy atom. The van der Waals surface area contributed by atoms with E-state index in [-0.39, 0.29) is 17.8 Å². The van der Waals surface area contributed by atoms with Crippen LogP contribution in [0.5, 0.6) is 11.5 Å². The Morgan fingerprint density at radius 3 is 2.43 bits per heavy atom. The second-order valence-corrected chi connectivity index (χ2v) is 8.45. The van der Waals surface area contributed by atoms with Crippen molar-refractivity contribution >= 4 is 34.7 Å². The number of amidine groups is 1. The number of anilines is 2. The van der Waals surface area contributed by atoms with E-state index in [4.69, 9.17) is 32.2 Å². The molecule has 0 spiro atoms. The Labute approximate surface area is 210 Å². The van der Waals surface area contributed by atoms with Crippen molar-refractivity contribution in [3.05, 3.63) is 82.9 Å². The van der Waals surface area contributed by atoms with Gasteiger partial charge in [0.2, 0.25) is 0 Å². The molecule has 0 aliphatic carbocycles. The highest BCUT2D eigenvalue weighted by Crippen LogP contribution is 2.32. The maximum atomic E-state index is 13.4.